The average Bonchev–Trinajstić information content (AvgIpc) is 2.31. The lowest BCUT2D eigenvalue weighted by Gasteiger charge is -2.37. The smallest absolute Gasteiger partial charge is 0.227 e. The van der Waals surface area contributed by atoms with Gasteiger partial charge in [0.2, 0.25) is 5.91 Å². The van der Waals surface area contributed by atoms with Crippen LogP contribution in [0, 0.1) is 11.6 Å². The molecule has 1 aliphatic rings. The maximum Gasteiger partial charge on any atom is 0.227 e. The first-order chi connectivity index (χ1) is 9.13. The van der Waals surface area contributed by atoms with Gasteiger partial charge in [0.05, 0.1) is 6.42 Å². The second kappa shape index (κ2) is 6.33. The Hall–Kier alpha value is -1.16. The van der Waals surface area contributed by atoms with Gasteiger partial charge in [-0.15, -0.1) is 11.6 Å². The maximum atomic E-state index is 13.5. The first-order valence-corrected chi connectivity index (χ1v) is 6.95. The van der Waals surface area contributed by atoms with Gasteiger partial charge in [0.1, 0.15) is 11.6 Å². The fourth-order valence-corrected chi connectivity index (χ4v) is 2.44. The number of alkyl halides is 1. The van der Waals surface area contributed by atoms with Crippen LogP contribution in [0.5, 0.6) is 0 Å². The van der Waals surface area contributed by atoms with Crippen LogP contribution in [-0.2, 0) is 11.2 Å². The zero-order valence-corrected chi connectivity index (χ0v) is 11.3. The predicted octanol–water partition coefficient (Wildman–Crippen LogP) is 3.13. The summed E-state index contributed by atoms with van der Waals surface area (Å²) in [7, 11) is 0. The number of amides is 1. The van der Waals surface area contributed by atoms with E-state index in [1.807, 2.05) is 0 Å². The van der Waals surface area contributed by atoms with Gasteiger partial charge in [0.25, 0.3) is 0 Å². The lowest BCUT2D eigenvalue weighted by molar-refractivity contribution is -0.134. The van der Waals surface area contributed by atoms with Crippen LogP contribution in [0.3, 0.4) is 0 Å². The van der Waals surface area contributed by atoms with E-state index in [-0.39, 0.29) is 23.9 Å². The number of halogens is 3. The highest BCUT2D eigenvalue weighted by molar-refractivity contribution is 6.18. The molecule has 0 heterocycles. The third kappa shape index (κ3) is 3.24. The molecule has 5 heteroatoms. The fourth-order valence-electron chi connectivity index (χ4n) is 2.25. The molecule has 1 aromatic rings. The molecule has 1 aliphatic carbocycles. The number of carbonyl (C=O) groups is 1. The van der Waals surface area contributed by atoms with Crippen molar-refractivity contribution in [2.24, 2.45) is 0 Å². The highest BCUT2D eigenvalue weighted by Crippen LogP contribution is 2.26. The molecule has 0 atom stereocenters. The molecule has 0 aliphatic heterocycles. The lowest BCUT2D eigenvalue weighted by Crippen LogP contribution is -2.46. The standard InChI is InChI=1S/C14H16ClF2NO/c15-7-8-18(10-3-1-4-10)14(19)9-11-12(16)5-2-6-13(11)17/h2,5-6,10H,1,3-4,7-9H2. The Morgan fingerprint density at radius 1 is 1.32 bits per heavy atom. The van der Waals surface area contributed by atoms with Crippen LogP contribution < -0.4 is 0 Å². The zero-order valence-electron chi connectivity index (χ0n) is 10.5. The summed E-state index contributed by atoms with van der Waals surface area (Å²) in [5.74, 6) is -1.27. The van der Waals surface area contributed by atoms with Crippen molar-refractivity contribution in [3.63, 3.8) is 0 Å². The van der Waals surface area contributed by atoms with Crippen molar-refractivity contribution >= 4 is 17.5 Å². The van der Waals surface area contributed by atoms with Crippen molar-refractivity contribution in [1.82, 2.24) is 4.90 Å². The highest BCUT2D eigenvalue weighted by atomic mass is 35.5. The zero-order chi connectivity index (χ0) is 13.8. The van der Waals surface area contributed by atoms with Crippen LogP contribution >= 0.6 is 11.6 Å². The summed E-state index contributed by atoms with van der Waals surface area (Å²) in [6.45, 7) is 0.432. The maximum absolute atomic E-state index is 13.5. The fraction of sp³-hybridized carbons (Fsp3) is 0.500. The van der Waals surface area contributed by atoms with Gasteiger partial charge in [-0.2, -0.15) is 0 Å². The SMILES string of the molecule is O=C(Cc1c(F)cccc1F)N(CCCl)C1CCC1. The highest BCUT2D eigenvalue weighted by Gasteiger charge is 2.29. The van der Waals surface area contributed by atoms with Crippen LogP contribution in [0.2, 0.25) is 0 Å². The molecule has 1 amide bonds. The van der Waals surface area contributed by atoms with Crippen molar-refractivity contribution in [3.05, 3.63) is 35.4 Å². The molecular weight excluding hydrogens is 272 g/mol. The first-order valence-electron chi connectivity index (χ1n) is 6.42. The van der Waals surface area contributed by atoms with Crippen LogP contribution in [0.1, 0.15) is 24.8 Å². The third-order valence-corrected chi connectivity index (χ3v) is 3.72. The molecule has 2 nitrogen and oxygen atoms in total. The Morgan fingerprint density at radius 3 is 2.42 bits per heavy atom. The topological polar surface area (TPSA) is 20.3 Å². The van der Waals surface area contributed by atoms with Gasteiger partial charge in [-0.3, -0.25) is 4.79 Å². The van der Waals surface area contributed by atoms with Gasteiger partial charge in [-0.25, -0.2) is 8.78 Å². The largest absolute Gasteiger partial charge is 0.338 e. The first kappa shape index (κ1) is 14.3. The second-order valence-corrected chi connectivity index (χ2v) is 5.12. The van der Waals surface area contributed by atoms with Gasteiger partial charge in [0, 0.05) is 24.0 Å². The summed E-state index contributed by atoms with van der Waals surface area (Å²) in [5.41, 5.74) is -0.161. The molecule has 0 aromatic heterocycles. The molecule has 0 radical (unpaired) electrons. The van der Waals surface area contributed by atoms with Crippen molar-refractivity contribution in [1.29, 1.82) is 0 Å². The van der Waals surface area contributed by atoms with Gasteiger partial charge >= 0.3 is 0 Å². The summed E-state index contributed by atoms with van der Waals surface area (Å²) < 4.78 is 27.0. The number of nitrogens with zero attached hydrogens (tertiary/aromatic N) is 1. The molecule has 2 rings (SSSR count). The van der Waals surface area contributed by atoms with E-state index in [1.54, 1.807) is 4.90 Å². The number of rotatable bonds is 5. The number of benzene rings is 1. The second-order valence-electron chi connectivity index (χ2n) is 4.74. The minimum absolute atomic E-state index is 0.161. The molecular formula is C14H16ClF2NO. The van der Waals surface area contributed by atoms with E-state index in [9.17, 15) is 13.6 Å². The van der Waals surface area contributed by atoms with E-state index in [1.165, 1.54) is 18.2 Å². The Balaban J connectivity index is 2.09. The average molecular weight is 288 g/mol. The van der Waals surface area contributed by atoms with Gasteiger partial charge < -0.3 is 4.90 Å². The summed E-state index contributed by atoms with van der Waals surface area (Å²) in [6, 6.07) is 3.81. The molecule has 19 heavy (non-hydrogen) atoms. The third-order valence-electron chi connectivity index (χ3n) is 3.55. The van der Waals surface area contributed by atoms with E-state index in [4.69, 9.17) is 11.6 Å². The van der Waals surface area contributed by atoms with Crippen LogP contribution in [0.25, 0.3) is 0 Å². The minimum atomic E-state index is -0.673. The normalized spacial score (nSPS) is 15.1. The van der Waals surface area contributed by atoms with Gasteiger partial charge in [-0.05, 0) is 31.4 Å². The molecule has 0 saturated heterocycles. The van der Waals surface area contributed by atoms with Crippen molar-refractivity contribution < 1.29 is 13.6 Å². The Labute approximate surface area is 116 Å². The Morgan fingerprint density at radius 2 is 1.95 bits per heavy atom. The van der Waals surface area contributed by atoms with E-state index in [0.29, 0.717) is 12.4 Å². The predicted molar refractivity (Wildman–Crippen MR) is 70.1 cm³/mol. The van der Waals surface area contributed by atoms with E-state index >= 15 is 0 Å². The van der Waals surface area contributed by atoms with Gasteiger partial charge in [-0.1, -0.05) is 6.07 Å². The molecule has 0 unspecified atom stereocenters. The molecule has 1 aromatic carbocycles. The monoisotopic (exact) mass is 287 g/mol. The van der Waals surface area contributed by atoms with E-state index in [2.05, 4.69) is 0 Å². The van der Waals surface area contributed by atoms with E-state index < -0.39 is 11.6 Å². The van der Waals surface area contributed by atoms with Crippen LogP contribution in [0.15, 0.2) is 18.2 Å². The van der Waals surface area contributed by atoms with Crippen molar-refractivity contribution in [3.8, 4) is 0 Å². The quantitative estimate of drug-likeness (QED) is 0.762. The number of hydrogen-bond donors (Lipinski definition) is 0. The van der Waals surface area contributed by atoms with E-state index in [0.717, 1.165) is 19.3 Å². The minimum Gasteiger partial charge on any atom is -0.338 e. The molecule has 1 fully saturated rings. The summed E-state index contributed by atoms with van der Waals surface area (Å²) >= 11 is 5.69. The molecule has 104 valence electrons. The van der Waals surface area contributed by atoms with Crippen LogP contribution in [0.4, 0.5) is 8.78 Å². The lowest BCUT2D eigenvalue weighted by atomic mass is 9.91. The molecule has 0 spiro atoms. The molecule has 1 saturated carbocycles. The summed E-state index contributed by atoms with van der Waals surface area (Å²) in [4.78, 5) is 13.8. The Bertz CT molecular complexity index is 443. The number of hydrogen-bond acceptors (Lipinski definition) is 1. The summed E-state index contributed by atoms with van der Waals surface area (Å²) in [6.07, 6.45) is 2.74. The number of carbonyl (C=O) groups excluding carboxylic acids is 1. The Kier molecular flexibility index (Phi) is 4.75. The van der Waals surface area contributed by atoms with Crippen LogP contribution in [-0.4, -0.2) is 29.3 Å². The van der Waals surface area contributed by atoms with Crippen molar-refractivity contribution in [2.75, 3.05) is 12.4 Å². The summed E-state index contributed by atoms with van der Waals surface area (Å²) in [5, 5.41) is 0. The molecule has 0 N–H and O–H groups in total. The van der Waals surface area contributed by atoms with Gasteiger partial charge in [0.15, 0.2) is 0 Å². The molecule has 0 bridgehead atoms. The van der Waals surface area contributed by atoms with Crippen molar-refractivity contribution in [2.45, 2.75) is 31.7 Å².